The molecule has 3 nitrogen and oxygen atoms in total. The first-order valence-electron chi connectivity index (χ1n) is 8.71. The molecule has 0 amide bonds. The van der Waals surface area contributed by atoms with Crippen LogP contribution < -0.4 is 0 Å². The molecule has 2 unspecified atom stereocenters. The van der Waals surface area contributed by atoms with Crippen molar-refractivity contribution in [1.82, 2.24) is 0 Å². The maximum absolute atomic E-state index is 10.4. The lowest BCUT2D eigenvalue weighted by Crippen LogP contribution is -1.97. The minimum Gasteiger partial charge on any atom is -0.481 e. The minimum atomic E-state index is -0.721. The minimum absolute atomic E-state index is 0.247. The van der Waals surface area contributed by atoms with E-state index in [0.717, 1.165) is 38.5 Å². The van der Waals surface area contributed by atoms with Crippen LogP contribution >= 0.6 is 0 Å². The van der Waals surface area contributed by atoms with Crippen molar-refractivity contribution in [3.05, 3.63) is 48.6 Å². The summed E-state index contributed by atoms with van der Waals surface area (Å²) in [4.78, 5) is 10.4. The number of carbonyl (C=O) groups is 1. The van der Waals surface area contributed by atoms with Crippen LogP contribution in [0.1, 0.15) is 58.3 Å². The highest BCUT2D eigenvalue weighted by atomic mass is 16.6. The molecular formula is C20H30O3. The second-order valence-electron chi connectivity index (χ2n) is 5.74. The largest absolute Gasteiger partial charge is 0.481 e. The van der Waals surface area contributed by atoms with Gasteiger partial charge in [0.25, 0.3) is 0 Å². The van der Waals surface area contributed by atoms with Crippen molar-refractivity contribution in [1.29, 1.82) is 0 Å². The third-order valence-electron chi connectivity index (χ3n) is 3.65. The van der Waals surface area contributed by atoms with E-state index in [0.29, 0.717) is 12.5 Å². The van der Waals surface area contributed by atoms with Crippen LogP contribution in [0.3, 0.4) is 0 Å². The predicted molar refractivity (Wildman–Crippen MR) is 95.5 cm³/mol. The third-order valence-corrected chi connectivity index (χ3v) is 3.65. The van der Waals surface area contributed by atoms with Crippen LogP contribution in [-0.4, -0.2) is 23.3 Å². The first-order chi connectivity index (χ1) is 11.2. The maximum atomic E-state index is 10.4. The average Bonchev–Trinajstić information content (AvgIpc) is 3.26. The third kappa shape index (κ3) is 11.6. The smallest absolute Gasteiger partial charge is 0.303 e. The quantitative estimate of drug-likeness (QED) is 0.375. The number of allylic oxidation sites excluding steroid dienone is 7. The topological polar surface area (TPSA) is 49.8 Å². The number of rotatable bonds is 13. The molecule has 1 saturated heterocycles. The Morgan fingerprint density at radius 2 is 1.48 bits per heavy atom. The van der Waals surface area contributed by atoms with Crippen molar-refractivity contribution in [3.8, 4) is 0 Å². The fourth-order valence-electron chi connectivity index (χ4n) is 2.30. The molecule has 3 heteroatoms. The van der Waals surface area contributed by atoms with E-state index in [1.807, 2.05) is 0 Å². The Balaban J connectivity index is 1.94. The molecule has 0 aromatic carbocycles. The summed E-state index contributed by atoms with van der Waals surface area (Å²) in [6.45, 7) is 2.14. The number of carboxylic acid groups (broad SMARTS) is 1. The van der Waals surface area contributed by atoms with E-state index in [2.05, 4.69) is 55.5 Å². The summed E-state index contributed by atoms with van der Waals surface area (Å²) in [6, 6.07) is 0. The van der Waals surface area contributed by atoms with E-state index < -0.39 is 5.97 Å². The normalized spacial score (nSPS) is 21.3. The molecule has 1 fully saturated rings. The molecule has 0 aliphatic carbocycles. The van der Waals surface area contributed by atoms with Gasteiger partial charge in [0.1, 0.15) is 0 Å². The molecular weight excluding hydrogens is 288 g/mol. The molecule has 0 radical (unpaired) electrons. The Morgan fingerprint density at radius 3 is 2.04 bits per heavy atom. The van der Waals surface area contributed by atoms with Gasteiger partial charge in [-0.2, -0.15) is 0 Å². The van der Waals surface area contributed by atoms with Gasteiger partial charge >= 0.3 is 5.97 Å². The highest BCUT2D eigenvalue weighted by Crippen LogP contribution is 2.30. The van der Waals surface area contributed by atoms with Gasteiger partial charge in [-0.05, 0) is 44.9 Å². The van der Waals surface area contributed by atoms with E-state index in [9.17, 15) is 4.79 Å². The zero-order chi connectivity index (χ0) is 16.8. The lowest BCUT2D eigenvalue weighted by molar-refractivity contribution is -0.137. The van der Waals surface area contributed by atoms with Crippen LogP contribution in [0.2, 0.25) is 0 Å². The molecule has 0 aromatic rings. The second kappa shape index (κ2) is 12.9. The van der Waals surface area contributed by atoms with Crippen molar-refractivity contribution in [3.63, 3.8) is 0 Å². The summed E-state index contributed by atoms with van der Waals surface area (Å²) in [7, 11) is 0. The molecule has 0 aromatic heterocycles. The van der Waals surface area contributed by atoms with Gasteiger partial charge in [0.15, 0.2) is 0 Å². The molecule has 0 bridgehead atoms. The summed E-state index contributed by atoms with van der Waals surface area (Å²) in [5.41, 5.74) is 0. The highest BCUT2D eigenvalue weighted by Gasteiger charge is 2.36. The molecule has 1 aliphatic heterocycles. The van der Waals surface area contributed by atoms with Crippen molar-refractivity contribution in [2.75, 3.05) is 0 Å². The molecule has 23 heavy (non-hydrogen) atoms. The van der Waals surface area contributed by atoms with E-state index in [1.165, 1.54) is 0 Å². The Bertz CT molecular complexity index is 432. The fraction of sp³-hybridized carbons (Fsp3) is 0.550. The SMILES string of the molecule is CC/C=C\C/C=C\C/C=C\C/C=C\CC1OC1CCCC(=O)O. The van der Waals surface area contributed by atoms with Crippen molar-refractivity contribution < 1.29 is 14.6 Å². The summed E-state index contributed by atoms with van der Waals surface area (Å²) in [5.74, 6) is -0.721. The Labute approximate surface area is 140 Å². The molecule has 1 heterocycles. The fourth-order valence-corrected chi connectivity index (χ4v) is 2.30. The Kier molecular flexibility index (Phi) is 10.9. The number of hydrogen-bond acceptors (Lipinski definition) is 2. The van der Waals surface area contributed by atoms with Crippen molar-refractivity contribution >= 4 is 5.97 Å². The van der Waals surface area contributed by atoms with Crippen molar-refractivity contribution in [2.24, 2.45) is 0 Å². The number of carboxylic acids is 1. The van der Waals surface area contributed by atoms with Gasteiger partial charge in [-0.3, -0.25) is 4.79 Å². The van der Waals surface area contributed by atoms with Crippen LogP contribution in [0, 0.1) is 0 Å². The van der Waals surface area contributed by atoms with Gasteiger partial charge in [0.2, 0.25) is 0 Å². The number of epoxide rings is 1. The van der Waals surface area contributed by atoms with Gasteiger partial charge in [-0.25, -0.2) is 0 Å². The second-order valence-corrected chi connectivity index (χ2v) is 5.74. The van der Waals surface area contributed by atoms with Crippen LogP contribution in [0.15, 0.2) is 48.6 Å². The van der Waals surface area contributed by atoms with E-state index in [1.54, 1.807) is 0 Å². The van der Waals surface area contributed by atoms with Crippen LogP contribution in [0.4, 0.5) is 0 Å². The van der Waals surface area contributed by atoms with Gasteiger partial charge in [0, 0.05) is 6.42 Å². The number of hydrogen-bond donors (Lipinski definition) is 1. The van der Waals surface area contributed by atoms with E-state index in [-0.39, 0.29) is 12.5 Å². The van der Waals surface area contributed by atoms with Crippen LogP contribution in [-0.2, 0) is 9.53 Å². The van der Waals surface area contributed by atoms with Gasteiger partial charge in [0.05, 0.1) is 12.2 Å². The first kappa shape index (κ1) is 19.4. The molecule has 0 spiro atoms. The monoisotopic (exact) mass is 318 g/mol. The van der Waals surface area contributed by atoms with E-state index >= 15 is 0 Å². The number of aliphatic carboxylic acids is 1. The standard InChI is InChI=1S/C20H30O3/c1-2-3-4-5-6-7-8-9-10-11-12-13-15-18-19(23-18)16-14-17-20(21)22/h3-4,6-7,9-10,12-13,18-19H,2,5,8,11,14-17H2,1H3,(H,21,22)/b4-3-,7-6-,10-9-,13-12-. The predicted octanol–water partition coefficient (Wildman–Crippen LogP) is 5.20. The van der Waals surface area contributed by atoms with Crippen LogP contribution in [0.25, 0.3) is 0 Å². The lowest BCUT2D eigenvalue weighted by Gasteiger charge is -1.92. The van der Waals surface area contributed by atoms with Gasteiger partial charge in [-0.15, -0.1) is 0 Å². The molecule has 1 rings (SSSR count). The Morgan fingerprint density at radius 1 is 0.913 bits per heavy atom. The Hall–Kier alpha value is -1.61. The van der Waals surface area contributed by atoms with Gasteiger partial charge in [-0.1, -0.05) is 55.5 Å². The summed E-state index contributed by atoms with van der Waals surface area (Å²) in [6.07, 6.45) is 24.9. The molecule has 2 atom stereocenters. The summed E-state index contributed by atoms with van der Waals surface area (Å²) < 4.78 is 5.52. The van der Waals surface area contributed by atoms with Crippen LogP contribution in [0.5, 0.6) is 0 Å². The zero-order valence-electron chi connectivity index (χ0n) is 14.2. The van der Waals surface area contributed by atoms with Crippen molar-refractivity contribution in [2.45, 2.75) is 70.5 Å². The summed E-state index contributed by atoms with van der Waals surface area (Å²) >= 11 is 0. The highest BCUT2D eigenvalue weighted by molar-refractivity contribution is 5.66. The molecule has 128 valence electrons. The van der Waals surface area contributed by atoms with E-state index in [4.69, 9.17) is 9.84 Å². The lowest BCUT2D eigenvalue weighted by atomic mass is 10.1. The summed E-state index contributed by atoms with van der Waals surface area (Å²) in [5, 5.41) is 8.57. The molecule has 1 aliphatic rings. The maximum Gasteiger partial charge on any atom is 0.303 e. The molecule has 0 saturated carbocycles. The average molecular weight is 318 g/mol. The van der Waals surface area contributed by atoms with Gasteiger partial charge < -0.3 is 9.84 Å². The number of ether oxygens (including phenoxy) is 1. The first-order valence-corrected chi connectivity index (χ1v) is 8.71. The molecule has 1 N–H and O–H groups in total. The zero-order valence-corrected chi connectivity index (χ0v) is 14.2.